The Hall–Kier alpha value is -1.47. The number of rotatable bonds is 3. The second kappa shape index (κ2) is 4.90. The lowest BCUT2D eigenvalue weighted by molar-refractivity contribution is -0.386. The Morgan fingerprint density at radius 2 is 2.26 bits per heavy atom. The van der Waals surface area contributed by atoms with Gasteiger partial charge in [-0.15, -0.1) is 0 Å². The minimum Gasteiger partial charge on any atom is -0.481 e. The molecule has 6 nitrogen and oxygen atoms in total. The number of hydrogen-bond acceptors (Lipinski definition) is 4. The highest BCUT2D eigenvalue weighted by Crippen LogP contribution is 2.40. The number of carboxylic acid groups (broad SMARTS) is 1. The van der Waals surface area contributed by atoms with Crippen LogP contribution in [0.4, 0.5) is 5.69 Å². The number of hydrogen-bond donors (Lipinski definition) is 1. The Balaban J connectivity index is 2.61. The predicted molar refractivity (Wildman–Crippen MR) is 72.2 cm³/mol. The largest absolute Gasteiger partial charge is 0.481 e. The lowest BCUT2D eigenvalue weighted by Gasteiger charge is -2.24. The maximum Gasteiger partial charge on any atom is 0.315 e. The minimum absolute atomic E-state index is 0.146. The van der Waals surface area contributed by atoms with E-state index < -0.39 is 16.3 Å². The number of nitrogens with zero attached hydrogens (tertiary/aromatic N) is 2. The van der Waals surface area contributed by atoms with Crippen molar-refractivity contribution in [2.45, 2.75) is 11.8 Å². The molecule has 0 aliphatic carbocycles. The fourth-order valence-electron chi connectivity index (χ4n) is 2.57. The van der Waals surface area contributed by atoms with E-state index in [1.165, 1.54) is 12.1 Å². The van der Waals surface area contributed by atoms with Gasteiger partial charge in [0.05, 0.1) is 4.92 Å². The van der Waals surface area contributed by atoms with Crippen LogP contribution in [0.3, 0.4) is 0 Å². The molecule has 102 valence electrons. The number of aliphatic carboxylic acids is 1. The van der Waals surface area contributed by atoms with Gasteiger partial charge in [-0.05, 0) is 32.1 Å². The zero-order chi connectivity index (χ0) is 14.2. The Kier molecular flexibility index (Phi) is 3.60. The van der Waals surface area contributed by atoms with Gasteiger partial charge in [0.1, 0.15) is 5.41 Å². The Morgan fingerprint density at radius 3 is 2.74 bits per heavy atom. The fourth-order valence-corrected chi connectivity index (χ4v) is 2.92. The van der Waals surface area contributed by atoms with E-state index in [0.717, 1.165) is 0 Å². The molecular formula is C12H13BrN2O4. The molecule has 1 aliphatic rings. The van der Waals surface area contributed by atoms with Crippen LogP contribution in [0, 0.1) is 10.1 Å². The summed E-state index contributed by atoms with van der Waals surface area (Å²) in [6.07, 6.45) is 0.376. The number of likely N-dealkylation sites (tertiary alicyclic amines) is 1. The van der Waals surface area contributed by atoms with Gasteiger partial charge in [-0.2, -0.15) is 0 Å². The zero-order valence-electron chi connectivity index (χ0n) is 10.3. The molecular weight excluding hydrogens is 316 g/mol. The molecule has 2 rings (SSSR count). The van der Waals surface area contributed by atoms with Crippen LogP contribution in [-0.4, -0.2) is 41.0 Å². The lowest BCUT2D eigenvalue weighted by atomic mass is 9.79. The first-order chi connectivity index (χ1) is 8.86. The van der Waals surface area contributed by atoms with E-state index in [2.05, 4.69) is 15.9 Å². The van der Waals surface area contributed by atoms with E-state index in [1.807, 2.05) is 11.9 Å². The average Bonchev–Trinajstić information content (AvgIpc) is 2.72. The summed E-state index contributed by atoms with van der Waals surface area (Å²) >= 11 is 3.18. The van der Waals surface area contributed by atoms with Crippen LogP contribution >= 0.6 is 15.9 Å². The van der Waals surface area contributed by atoms with Gasteiger partial charge in [-0.1, -0.05) is 15.9 Å². The van der Waals surface area contributed by atoms with Crippen molar-refractivity contribution in [3.63, 3.8) is 0 Å². The summed E-state index contributed by atoms with van der Waals surface area (Å²) in [5.41, 5.74) is -1.07. The summed E-state index contributed by atoms with van der Waals surface area (Å²) in [4.78, 5) is 24.2. The van der Waals surface area contributed by atoms with Crippen molar-refractivity contribution < 1.29 is 14.8 Å². The highest BCUT2D eigenvalue weighted by molar-refractivity contribution is 9.10. The first-order valence-corrected chi connectivity index (χ1v) is 6.52. The molecule has 0 bridgehead atoms. The summed E-state index contributed by atoms with van der Waals surface area (Å²) in [5.74, 6) is -1.01. The molecule has 1 saturated heterocycles. The molecule has 0 amide bonds. The van der Waals surface area contributed by atoms with Gasteiger partial charge in [0.2, 0.25) is 0 Å². The molecule has 1 aliphatic heterocycles. The van der Waals surface area contributed by atoms with Crippen LogP contribution in [-0.2, 0) is 10.2 Å². The molecule has 1 atom stereocenters. The highest BCUT2D eigenvalue weighted by Gasteiger charge is 2.48. The second-order valence-corrected chi connectivity index (χ2v) is 5.71. The summed E-state index contributed by atoms with van der Waals surface area (Å²) in [7, 11) is 1.81. The van der Waals surface area contributed by atoms with Crippen molar-refractivity contribution in [2.24, 2.45) is 0 Å². The average molecular weight is 329 g/mol. The molecule has 1 N–H and O–H groups in total. The smallest absolute Gasteiger partial charge is 0.315 e. The Morgan fingerprint density at radius 1 is 1.58 bits per heavy atom. The van der Waals surface area contributed by atoms with E-state index in [-0.39, 0.29) is 17.8 Å². The van der Waals surface area contributed by atoms with Crippen molar-refractivity contribution >= 4 is 27.6 Å². The minimum atomic E-state index is -1.20. The molecule has 1 aromatic rings. The standard InChI is InChI=1S/C12H13BrN2O4/c1-14-5-4-12(7-14,11(16)17)9-3-2-8(13)6-10(9)15(18)19/h2-3,6H,4-5,7H2,1H3,(H,16,17). The van der Waals surface area contributed by atoms with E-state index in [0.29, 0.717) is 17.4 Å². The van der Waals surface area contributed by atoms with Crippen LogP contribution < -0.4 is 0 Å². The Bertz CT molecular complexity index is 549. The highest BCUT2D eigenvalue weighted by atomic mass is 79.9. The van der Waals surface area contributed by atoms with Gasteiger partial charge in [-0.25, -0.2) is 0 Å². The number of benzene rings is 1. The number of carboxylic acids is 1. The summed E-state index contributed by atoms with van der Waals surface area (Å²) in [6.45, 7) is 0.893. The van der Waals surface area contributed by atoms with Gasteiger partial charge in [0.25, 0.3) is 5.69 Å². The van der Waals surface area contributed by atoms with Crippen molar-refractivity contribution in [3.8, 4) is 0 Å². The van der Waals surface area contributed by atoms with Crippen LogP contribution in [0.5, 0.6) is 0 Å². The van der Waals surface area contributed by atoms with E-state index >= 15 is 0 Å². The molecule has 1 fully saturated rings. The molecule has 0 spiro atoms. The van der Waals surface area contributed by atoms with Crippen molar-refractivity contribution in [3.05, 3.63) is 38.3 Å². The molecule has 1 heterocycles. The van der Waals surface area contributed by atoms with Crippen LogP contribution in [0.1, 0.15) is 12.0 Å². The first-order valence-electron chi connectivity index (χ1n) is 5.73. The van der Waals surface area contributed by atoms with Gasteiger partial charge in [0, 0.05) is 22.6 Å². The number of likely N-dealkylation sites (N-methyl/N-ethyl adjacent to an activating group) is 1. The zero-order valence-corrected chi connectivity index (χ0v) is 11.9. The van der Waals surface area contributed by atoms with Crippen LogP contribution in [0.15, 0.2) is 22.7 Å². The van der Waals surface area contributed by atoms with Gasteiger partial charge < -0.3 is 10.0 Å². The summed E-state index contributed by atoms with van der Waals surface area (Å²) < 4.78 is 0.565. The van der Waals surface area contributed by atoms with Gasteiger partial charge in [-0.3, -0.25) is 14.9 Å². The maximum atomic E-state index is 11.7. The topological polar surface area (TPSA) is 83.7 Å². The van der Waals surface area contributed by atoms with Crippen LogP contribution in [0.2, 0.25) is 0 Å². The summed E-state index contributed by atoms with van der Waals surface area (Å²) in [5, 5.41) is 20.7. The van der Waals surface area contributed by atoms with Crippen molar-refractivity contribution in [1.82, 2.24) is 4.90 Å². The van der Waals surface area contributed by atoms with Crippen molar-refractivity contribution in [1.29, 1.82) is 0 Å². The van der Waals surface area contributed by atoms with E-state index in [9.17, 15) is 20.0 Å². The quantitative estimate of drug-likeness (QED) is 0.677. The summed E-state index contributed by atoms with van der Waals surface area (Å²) in [6, 6.07) is 4.54. The van der Waals surface area contributed by atoms with Gasteiger partial charge in [0.15, 0.2) is 0 Å². The molecule has 0 aromatic heterocycles. The van der Waals surface area contributed by atoms with Crippen molar-refractivity contribution in [2.75, 3.05) is 20.1 Å². The number of nitro groups is 1. The molecule has 0 saturated carbocycles. The third-order valence-corrected chi connectivity index (χ3v) is 4.03. The molecule has 0 radical (unpaired) electrons. The molecule has 1 unspecified atom stereocenters. The normalized spacial score (nSPS) is 23.5. The SMILES string of the molecule is CN1CCC(C(=O)O)(c2ccc(Br)cc2[N+](=O)[O-])C1. The first kappa shape index (κ1) is 14.0. The number of nitro benzene ring substituents is 1. The maximum absolute atomic E-state index is 11.7. The predicted octanol–water partition coefficient (Wildman–Crippen LogP) is 2.02. The molecule has 7 heteroatoms. The number of carbonyl (C=O) groups is 1. The monoisotopic (exact) mass is 328 g/mol. The van der Waals surface area contributed by atoms with E-state index in [1.54, 1.807) is 6.07 Å². The fraction of sp³-hybridized carbons (Fsp3) is 0.417. The lowest BCUT2D eigenvalue weighted by Crippen LogP contribution is -2.38. The third kappa shape index (κ3) is 2.35. The second-order valence-electron chi connectivity index (χ2n) is 4.79. The molecule has 1 aromatic carbocycles. The van der Waals surface area contributed by atoms with Gasteiger partial charge >= 0.3 is 5.97 Å². The third-order valence-electron chi connectivity index (χ3n) is 3.54. The number of halogens is 1. The van der Waals surface area contributed by atoms with E-state index in [4.69, 9.17) is 0 Å². The van der Waals surface area contributed by atoms with Crippen LogP contribution in [0.25, 0.3) is 0 Å². The Labute approximate surface area is 118 Å². The molecule has 19 heavy (non-hydrogen) atoms.